The minimum atomic E-state index is -0.255. The van der Waals surface area contributed by atoms with Crippen LogP contribution in [0.25, 0.3) is 6.08 Å². The van der Waals surface area contributed by atoms with Crippen LogP contribution in [-0.2, 0) is 6.54 Å². The normalized spacial score (nSPS) is 15.1. The van der Waals surface area contributed by atoms with Gasteiger partial charge in [-0.3, -0.25) is 9.69 Å². The van der Waals surface area contributed by atoms with Crippen LogP contribution in [0.2, 0.25) is 0 Å². The van der Waals surface area contributed by atoms with Crippen molar-refractivity contribution in [1.82, 2.24) is 4.90 Å². The van der Waals surface area contributed by atoms with E-state index in [4.69, 9.17) is 4.74 Å². The third-order valence-corrected chi connectivity index (χ3v) is 5.39. The maximum absolute atomic E-state index is 12.9. The van der Waals surface area contributed by atoms with Gasteiger partial charge in [-0.2, -0.15) is 0 Å². The Balaban J connectivity index is 1.90. The van der Waals surface area contributed by atoms with Gasteiger partial charge in [0.2, 0.25) is 0 Å². The summed E-state index contributed by atoms with van der Waals surface area (Å²) in [6.45, 7) is 6.70. The number of aromatic hydroxyl groups is 1. The molecule has 28 heavy (non-hydrogen) atoms. The number of likely N-dealkylation sites (tertiary alicyclic amines) is 1. The zero-order valence-corrected chi connectivity index (χ0v) is 17.0. The summed E-state index contributed by atoms with van der Waals surface area (Å²) in [4.78, 5) is 15.2. The van der Waals surface area contributed by atoms with E-state index < -0.39 is 0 Å². The van der Waals surface area contributed by atoms with Crippen LogP contribution in [0.1, 0.15) is 51.9 Å². The number of phenolic OH excluding ortho intramolecular Hbond substituents is 1. The smallest absolute Gasteiger partial charge is 0.193 e. The molecule has 1 N–H and O–H groups in total. The molecule has 0 spiro atoms. The highest BCUT2D eigenvalue weighted by Gasteiger charge is 2.22. The molecule has 2 aromatic rings. The highest BCUT2D eigenvalue weighted by atomic mass is 16.5. The number of hydrogen-bond donors (Lipinski definition) is 1. The highest BCUT2D eigenvalue weighted by Crippen LogP contribution is 2.36. The van der Waals surface area contributed by atoms with Crippen LogP contribution >= 0.6 is 0 Å². The largest absolute Gasteiger partial charge is 0.507 e. The number of methoxy groups -OCH3 is 1. The SMILES string of the molecule is COc1cc(C)c(CN2CCCCC2)c(O)c1C(=O)/C=C/c1ccc(C)cc1. The van der Waals surface area contributed by atoms with Gasteiger partial charge in [0.15, 0.2) is 5.78 Å². The van der Waals surface area contributed by atoms with Gasteiger partial charge < -0.3 is 9.84 Å². The number of carbonyl (C=O) groups excluding carboxylic acids is 1. The van der Waals surface area contributed by atoms with Crippen LogP contribution < -0.4 is 4.74 Å². The Bertz CT molecular complexity index is 862. The molecule has 1 heterocycles. The molecule has 1 saturated heterocycles. The van der Waals surface area contributed by atoms with E-state index >= 15 is 0 Å². The average Bonchev–Trinajstić information content (AvgIpc) is 2.70. The van der Waals surface area contributed by atoms with E-state index in [0.717, 1.165) is 29.8 Å². The van der Waals surface area contributed by atoms with Gasteiger partial charge in [0.1, 0.15) is 17.1 Å². The van der Waals surface area contributed by atoms with Crippen LogP contribution in [0.4, 0.5) is 0 Å². The Kier molecular flexibility index (Phi) is 6.53. The number of nitrogens with zero attached hydrogens (tertiary/aromatic N) is 1. The van der Waals surface area contributed by atoms with Crippen molar-refractivity contribution in [2.45, 2.75) is 39.7 Å². The number of hydrogen-bond acceptors (Lipinski definition) is 4. The number of rotatable bonds is 6. The predicted octanol–water partition coefficient (Wildman–Crippen LogP) is 4.90. The first-order chi connectivity index (χ1) is 13.5. The van der Waals surface area contributed by atoms with Crippen molar-refractivity contribution in [3.63, 3.8) is 0 Å². The molecule has 0 bridgehead atoms. The molecule has 4 nitrogen and oxygen atoms in total. The zero-order chi connectivity index (χ0) is 20.1. The Morgan fingerprint density at radius 1 is 1.14 bits per heavy atom. The summed E-state index contributed by atoms with van der Waals surface area (Å²) in [6.07, 6.45) is 6.90. The monoisotopic (exact) mass is 379 g/mol. The lowest BCUT2D eigenvalue weighted by molar-refractivity contribution is 0.104. The lowest BCUT2D eigenvalue weighted by Crippen LogP contribution is -2.29. The molecule has 0 amide bonds. The molecule has 0 atom stereocenters. The second-order valence-electron chi connectivity index (χ2n) is 7.54. The van der Waals surface area contributed by atoms with Gasteiger partial charge in [0, 0.05) is 12.1 Å². The number of aryl methyl sites for hydroxylation is 2. The van der Waals surface area contributed by atoms with Crippen molar-refractivity contribution in [3.05, 3.63) is 64.2 Å². The number of ketones is 1. The molecular formula is C24H29NO3. The number of allylic oxidation sites excluding steroid dienone is 1. The van der Waals surface area contributed by atoms with Crippen LogP contribution in [0.5, 0.6) is 11.5 Å². The van der Waals surface area contributed by atoms with Crippen molar-refractivity contribution < 1.29 is 14.6 Å². The van der Waals surface area contributed by atoms with Crippen molar-refractivity contribution in [2.24, 2.45) is 0 Å². The minimum absolute atomic E-state index is 0.0426. The Morgan fingerprint density at radius 3 is 2.46 bits per heavy atom. The third kappa shape index (κ3) is 4.63. The van der Waals surface area contributed by atoms with E-state index in [1.54, 1.807) is 6.08 Å². The lowest BCUT2D eigenvalue weighted by Gasteiger charge is -2.28. The predicted molar refractivity (Wildman–Crippen MR) is 113 cm³/mol. The van der Waals surface area contributed by atoms with Crippen molar-refractivity contribution in [2.75, 3.05) is 20.2 Å². The standard InChI is InChI=1S/C24H29NO3/c1-17-7-9-19(10-8-17)11-12-21(26)23-22(28-3)15-18(2)20(24(23)27)16-25-13-5-4-6-14-25/h7-12,15,27H,4-6,13-14,16H2,1-3H3/b12-11+. The first-order valence-corrected chi connectivity index (χ1v) is 9.90. The van der Waals surface area contributed by atoms with Gasteiger partial charge in [-0.15, -0.1) is 0 Å². The van der Waals surface area contributed by atoms with Crippen LogP contribution in [0, 0.1) is 13.8 Å². The molecule has 2 aromatic carbocycles. The van der Waals surface area contributed by atoms with Gasteiger partial charge in [-0.05, 0) is 63.0 Å². The second-order valence-corrected chi connectivity index (χ2v) is 7.54. The highest BCUT2D eigenvalue weighted by molar-refractivity contribution is 6.10. The molecule has 0 aliphatic carbocycles. The van der Waals surface area contributed by atoms with Gasteiger partial charge in [-0.1, -0.05) is 42.3 Å². The third-order valence-electron chi connectivity index (χ3n) is 5.39. The molecule has 1 aliphatic heterocycles. The Hall–Kier alpha value is -2.59. The van der Waals surface area contributed by atoms with Crippen molar-refractivity contribution >= 4 is 11.9 Å². The summed E-state index contributed by atoms with van der Waals surface area (Å²) in [5, 5.41) is 11.0. The molecular weight excluding hydrogens is 350 g/mol. The summed E-state index contributed by atoms with van der Waals surface area (Å²) < 4.78 is 5.41. The molecule has 0 radical (unpaired) electrons. The number of phenols is 1. The summed E-state index contributed by atoms with van der Waals surface area (Å²) in [7, 11) is 1.53. The maximum atomic E-state index is 12.9. The second kappa shape index (κ2) is 9.07. The molecule has 0 saturated carbocycles. The lowest BCUT2D eigenvalue weighted by atomic mass is 9.97. The molecule has 148 valence electrons. The van der Waals surface area contributed by atoms with E-state index in [0.29, 0.717) is 12.3 Å². The average molecular weight is 380 g/mol. The van der Waals surface area contributed by atoms with Crippen LogP contribution in [0.3, 0.4) is 0 Å². The van der Waals surface area contributed by atoms with Crippen LogP contribution in [0.15, 0.2) is 36.4 Å². The summed E-state index contributed by atoms with van der Waals surface area (Å²) >= 11 is 0. The van der Waals surface area contributed by atoms with E-state index in [-0.39, 0.29) is 17.1 Å². The molecule has 3 rings (SSSR count). The summed E-state index contributed by atoms with van der Waals surface area (Å²) in [5.74, 6) is 0.201. The molecule has 0 aromatic heterocycles. The number of piperidine rings is 1. The van der Waals surface area contributed by atoms with E-state index in [9.17, 15) is 9.90 Å². The van der Waals surface area contributed by atoms with Gasteiger partial charge >= 0.3 is 0 Å². The minimum Gasteiger partial charge on any atom is -0.507 e. The van der Waals surface area contributed by atoms with Gasteiger partial charge in [0.05, 0.1) is 7.11 Å². The Labute approximate surface area is 167 Å². The number of ether oxygens (including phenoxy) is 1. The number of carbonyl (C=O) groups is 1. The number of benzene rings is 2. The fourth-order valence-corrected chi connectivity index (χ4v) is 3.68. The van der Waals surface area contributed by atoms with E-state index in [2.05, 4.69) is 4.90 Å². The van der Waals surface area contributed by atoms with Gasteiger partial charge in [0.25, 0.3) is 0 Å². The van der Waals surface area contributed by atoms with Gasteiger partial charge in [-0.25, -0.2) is 0 Å². The quantitative estimate of drug-likeness (QED) is 0.573. The molecule has 0 unspecified atom stereocenters. The fraction of sp³-hybridized carbons (Fsp3) is 0.375. The maximum Gasteiger partial charge on any atom is 0.193 e. The summed E-state index contributed by atoms with van der Waals surface area (Å²) in [6, 6.07) is 9.79. The first-order valence-electron chi connectivity index (χ1n) is 9.90. The summed E-state index contributed by atoms with van der Waals surface area (Å²) in [5.41, 5.74) is 4.11. The zero-order valence-electron chi connectivity index (χ0n) is 17.0. The van der Waals surface area contributed by atoms with Crippen molar-refractivity contribution in [3.8, 4) is 11.5 Å². The van der Waals surface area contributed by atoms with Crippen LogP contribution in [-0.4, -0.2) is 36.0 Å². The van der Waals surface area contributed by atoms with E-state index in [1.165, 1.54) is 38.0 Å². The molecule has 1 fully saturated rings. The molecule has 1 aliphatic rings. The topological polar surface area (TPSA) is 49.8 Å². The fourth-order valence-electron chi connectivity index (χ4n) is 3.68. The van der Waals surface area contributed by atoms with Crippen molar-refractivity contribution in [1.29, 1.82) is 0 Å². The first kappa shape index (κ1) is 20.2. The molecule has 4 heteroatoms. The Morgan fingerprint density at radius 2 is 1.82 bits per heavy atom. The van der Waals surface area contributed by atoms with E-state index in [1.807, 2.05) is 44.2 Å².